The quantitative estimate of drug-likeness (QED) is 0.718. The number of para-hydroxylation sites is 2. The van der Waals surface area contributed by atoms with Gasteiger partial charge in [-0.2, -0.15) is 5.26 Å². The number of fused-ring (bicyclic) bond motifs is 1. The normalized spacial score (nSPS) is 10.5. The van der Waals surface area contributed by atoms with Crippen molar-refractivity contribution in [2.24, 2.45) is 0 Å². The third-order valence-electron chi connectivity index (χ3n) is 3.00. The van der Waals surface area contributed by atoms with Gasteiger partial charge < -0.3 is 4.57 Å². The van der Waals surface area contributed by atoms with Crippen LogP contribution in [0.4, 0.5) is 0 Å². The standard InChI is InChI=1S/C15H10BrN3/c16-12-6-2-1-5-11(12)15-18-13-7-3-4-8-14(13)19(15)10-9-17/h1-8H,10H2. The number of nitrogens with zero attached hydrogens (tertiary/aromatic N) is 3. The Hall–Kier alpha value is -2.12. The van der Waals surface area contributed by atoms with Crippen molar-refractivity contribution in [3.63, 3.8) is 0 Å². The van der Waals surface area contributed by atoms with Gasteiger partial charge in [-0.15, -0.1) is 0 Å². The first-order chi connectivity index (χ1) is 9.31. The van der Waals surface area contributed by atoms with Gasteiger partial charge in [0.05, 0.1) is 17.1 Å². The maximum Gasteiger partial charge on any atom is 0.143 e. The third kappa shape index (κ3) is 2.02. The lowest BCUT2D eigenvalue weighted by atomic mass is 10.2. The number of aromatic nitrogens is 2. The Labute approximate surface area is 119 Å². The number of imidazole rings is 1. The summed E-state index contributed by atoms with van der Waals surface area (Å²) in [6.07, 6.45) is 0. The SMILES string of the molecule is N#CCn1c(-c2ccccc2Br)nc2ccccc21. The topological polar surface area (TPSA) is 41.6 Å². The molecule has 19 heavy (non-hydrogen) atoms. The van der Waals surface area contributed by atoms with Crippen LogP contribution >= 0.6 is 15.9 Å². The lowest BCUT2D eigenvalue weighted by Crippen LogP contribution is -1.99. The molecule has 0 bridgehead atoms. The predicted molar refractivity (Wildman–Crippen MR) is 78.5 cm³/mol. The van der Waals surface area contributed by atoms with Crippen LogP contribution in [0.3, 0.4) is 0 Å². The first-order valence-corrected chi connectivity index (χ1v) is 6.67. The lowest BCUT2D eigenvalue weighted by molar-refractivity contribution is 0.870. The molecule has 0 saturated carbocycles. The maximum atomic E-state index is 9.03. The number of halogens is 1. The fraction of sp³-hybridized carbons (Fsp3) is 0.0667. The molecule has 3 rings (SSSR count). The highest BCUT2D eigenvalue weighted by Gasteiger charge is 2.13. The summed E-state index contributed by atoms with van der Waals surface area (Å²) in [5, 5.41) is 9.03. The van der Waals surface area contributed by atoms with Gasteiger partial charge in [-0.1, -0.05) is 46.3 Å². The highest BCUT2D eigenvalue weighted by molar-refractivity contribution is 9.10. The van der Waals surface area contributed by atoms with E-state index in [0.29, 0.717) is 0 Å². The van der Waals surface area contributed by atoms with Crippen LogP contribution in [-0.4, -0.2) is 9.55 Å². The molecule has 0 aliphatic carbocycles. The molecule has 0 spiro atoms. The Kier molecular flexibility index (Phi) is 3.06. The molecular formula is C15H10BrN3. The summed E-state index contributed by atoms with van der Waals surface area (Å²) < 4.78 is 2.92. The van der Waals surface area contributed by atoms with Crippen LogP contribution in [-0.2, 0) is 6.54 Å². The summed E-state index contributed by atoms with van der Waals surface area (Å²) in [5.74, 6) is 0.815. The monoisotopic (exact) mass is 311 g/mol. The average molecular weight is 312 g/mol. The molecule has 2 aromatic carbocycles. The van der Waals surface area contributed by atoms with E-state index in [1.54, 1.807) is 0 Å². The summed E-state index contributed by atoms with van der Waals surface area (Å²) in [4.78, 5) is 4.64. The smallest absolute Gasteiger partial charge is 0.143 e. The van der Waals surface area contributed by atoms with Crippen molar-refractivity contribution in [2.45, 2.75) is 6.54 Å². The minimum atomic E-state index is 0.289. The molecule has 0 saturated heterocycles. The molecule has 0 N–H and O–H groups in total. The van der Waals surface area contributed by atoms with Crippen molar-refractivity contribution in [3.05, 3.63) is 53.0 Å². The summed E-state index contributed by atoms with van der Waals surface area (Å²) in [5.41, 5.74) is 2.88. The van der Waals surface area contributed by atoms with E-state index in [0.717, 1.165) is 26.9 Å². The van der Waals surface area contributed by atoms with Crippen LogP contribution < -0.4 is 0 Å². The van der Waals surface area contributed by atoms with Crippen LogP contribution in [0.5, 0.6) is 0 Å². The van der Waals surface area contributed by atoms with E-state index in [1.165, 1.54) is 0 Å². The first kappa shape index (κ1) is 11.9. The van der Waals surface area contributed by atoms with Gasteiger partial charge in [-0.3, -0.25) is 0 Å². The predicted octanol–water partition coefficient (Wildman–Crippen LogP) is 3.99. The number of benzene rings is 2. The van der Waals surface area contributed by atoms with Crippen LogP contribution in [0.2, 0.25) is 0 Å². The fourth-order valence-corrected chi connectivity index (χ4v) is 2.62. The van der Waals surface area contributed by atoms with E-state index in [9.17, 15) is 0 Å². The molecule has 0 aliphatic heterocycles. The molecule has 0 fully saturated rings. The Morgan fingerprint density at radius 3 is 2.63 bits per heavy atom. The van der Waals surface area contributed by atoms with Crippen molar-refractivity contribution < 1.29 is 0 Å². The molecule has 0 atom stereocenters. The van der Waals surface area contributed by atoms with Gasteiger partial charge in [0, 0.05) is 10.0 Å². The first-order valence-electron chi connectivity index (χ1n) is 5.88. The van der Waals surface area contributed by atoms with Crippen molar-refractivity contribution in [1.29, 1.82) is 5.26 Å². The molecule has 3 aromatic rings. The van der Waals surface area contributed by atoms with Gasteiger partial charge in [0.1, 0.15) is 12.4 Å². The largest absolute Gasteiger partial charge is 0.310 e. The number of hydrogen-bond donors (Lipinski definition) is 0. The fourth-order valence-electron chi connectivity index (χ4n) is 2.15. The maximum absolute atomic E-state index is 9.03. The van der Waals surface area contributed by atoms with Crippen LogP contribution in [0.1, 0.15) is 0 Å². The molecule has 0 unspecified atom stereocenters. The summed E-state index contributed by atoms with van der Waals surface area (Å²) in [6.45, 7) is 0.289. The zero-order valence-corrected chi connectivity index (χ0v) is 11.6. The second-order valence-corrected chi connectivity index (χ2v) is 5.00. The second-order valence-electron chi connectivity index (χ2n) is 4.15. The average Bonchev–Trinajstić information content (AvgIpc) is 2.79. The molecule has 1 aromatic heterocycles. The molecule has 1 heterocycles. The molecule has 4 heteroatoms. The number of hydrogen-bond acceptors (Lipinski definition) is 2. The van der Waals surface area contributed by atoms with Crippen LogP contribution in [0, 0.1) is 11.3 Å². The van der Waals surface area contributed by atoms with Gasteiger partial charge in [-0.05, 0) is 18.2 Å². The summed E-state index contributed by atoms with van der Waals surface area (Å²) in [7, 11) is 0. The zero-order chi connectivity index (χ0) is 13.2. The van der Waals surface area contributed by atoms with E-state index in [4.69, 9.17) is 5.26 Å². The van der Waals surface area contributed by atoms with Crippen molar-refractivity contribution in [3.8, 4) is 17.5 Å². The second kappa shape index (κ2) is 4.87. The minimum absolute atomic E-state index is 0.289. The molecule has 3 nitrogen and oxygen atoms in total. The number of rotatable bonds is 2. The Bertz CT molecular complexity index is 783. The highest BCUT2D eigenvalue weighted by atomic mass is 79.9. The Morgan fingerprint density at radius 1 is 1.11 bits per heavy atom. The Morgan fingerprint density at radius 2 is 1.84 bits per heavy atom. The summed E-state index contributed by atoms with van der Waals surface area (Å²) >= 11 is 3.54. The van der Waals surface area contributed by atoms with E-state index in [2.05, 4.69) is 27.0 Å². The van der Waals surface area contributed by atoms with E-state index in [1.807, 2.05) is 53.1 Å². The van der Waals surface area contributed by atoms with Crippen molar-refractivity contribution >= 4 is 27.0 Å². The van der Waals surface area contributed by atoms with E-state index >= 15 is 0 Å². The minimum Gasteiger partial charge on any atom is -0.310 e. The van der Waals surface area contributed by atoms with Gasteiger partial charge in [0.2, 0.25) is 0 Å². The lowest BCUT2D eigenvalue weighted by Gasteiger charge is -2.06. The number of nitriles is 1. The zero-order valence-electron chi connectivity index (χ0n) is 10.0. The van der Waals surface area contributed by atoms with Crippen LogP contribution in [0.25, 0.3) is 22.4 Å². The van der Waals surface area contributed by atoms with Crippen LogP contribution in [0.15, 0.2) is 53.0 Å². The molecule has 0 amide bonds. The third-order valence-corrected chi connectivity index (χ3v) is 3.69. The Balaban J connectivity index is 2.32. The molecular weight excluding hydrogens is 302 g/mol. The summed E-state index contributed by atoms with van der Waals surface area (Å²) in [6, 6.07) is 18.0. The van der Waals surface area contributed by atoms with Crippen molar-refractivity contribution in [1.82, 2.24) is 9.55 Å². The van der Waals surface area contributed by atoms with Gasteiger partial charge in [-0.25, -0.2) is 4.98 Å². The van der Waals surface area contributed by atoms with Gasteiger partial charge in [0.15, 0.2) is 0 Å². The highest BCUT2D eigenvalue weighted by Crippen LogP contribution is 2.30. The van der Waals surface area contributed by atoms with E-state index < -0.39 is 0 Å². The molecule has 0 aliphatic rings. The molecule has 0 radical (unpaired) electrons. The van der Waals surface area contributed by atoms with E-state index in [-0.39, 0.29) is 6.54 Å². The molecule has 92 valence electrons. The van der Waals surface area contributed by atoms with Crippen molar-refractivity contribution in [2.75, 3.05) is 0 Å². The van der Waals surface area contributed by atoms with Gasteiger partial charge >= 0.3 is 0 Å². The van der Waals surface area contributed by atoms with Gasteiger partial charge in [0.25, 0.3) is 0 Å².